The summed E-state index contributed by atoms with van der Waals surface area (Å²) in [5.41, 5.74) is 2.97. The van der Waals surface area contributed by atoms with Gasteiger partial charge in [0.25, 0.3) is 0 Å². The van der Waals surface area contributed by atoms with Crippen LogP contribution in [0.15, 0.2) is 18.2 Å². The van der Waals surface area contributed by atoms with E-state index in [1.165, 1.54) is 7.11 Å². The van der Waals surface area contributed by atoms with Gasteiger partial charge in [0, 0.05) is 41.7 Å². The molecule has 2 aromatic heterocycles. The van der Waals surface area contributed by atoms with Gasteiger partial charge in [-0.15, -0.1) is 0 Å². The van der Waals surface area contributed by atoms with Crippen LogP contribution in [0.25, 0.3) is 32.2 Å². The minimum Gasteiger partial charge on any atom is -0.467 e. The molecule has 2 aromatic carbocycles. The molecule has 2 bridgehead atoms. The van der Waals surface area contributed by atoms with Crippen molar-refractivity contribution in [2.45, 2.75) is 24.7 Å². The lowest BCUT2D eigenvalue weighted by Crippen LogP contribution is -2.68. The molecule has 4 aromatic rings. The first-order chi connectivity index (χ1) is 16.7. The highest BCUT2D eigenvalue weighted by Gasteiger charge is 2.44. The third-order valence-corrected chi connectivity index (χ3v) is 7.39. The molecule has 2 fully saturated rings. The molecule has 182 valence electrons. The van der Waals surface area contributed by atoms with Crippen LogP contribution in [0.2, 0.25) is 0 Å². The fourth-order valence-electron chi connectivity index (χ4n) is 4.99. The number of nitrogens with one attached hydrogen (secondary N) is 1. The molecule has 35 heavy (non-hydrogen) atoms. The monoisotopic (exact) mass is 508 g/mol. The molecule has 4 heterocycles. The highest BCUT2D eigenvalue weighted by Crippen LogP contribution is 2.47. The number of piperazine rings is 1. The van der Waals surface area contributed by atoms with Crippen molar-refractivity contribution in [3.63, 3.8) is 0 Å². The fourth-order valence-corrected chi connectivity index (χ4v) is 5.75. The molecule has 2 unspecified atom stereocenters. The number of rotatable bonds is 3. The van der Waals surface area contributed by atoms with Gasteiger partial charge in [0.2, 0.25) is 0 Å². The molecule has 3 N–H and O–H groups in total. The molecule has 7 nitrogen and oxygen atoms in total. The Morgan fingerprint density at radius 2 is 1.86 bits per heavy atom. The lowest BCUT2D eigenvalue weighted by molar-refractivity contribution is -0.137. The lowest BCUT2D eigenvalue weighted by atomic mass is 9.88. The second-order valence-corrected chi connectivity index (χ2v) is 9.51. The summed E-state index contributed by atoms with van der Waals surface area (Å²) >= 11 is 0.773. The number of alkyl halides is 3. The number of thiazole rings is 1. The number of ether oxygens (including phenoxy) is 1. The molecular weight excluding hydrogens is 491 g/mol. The van der Waals surface area contributed by atoms with Crippen LogP contribution in [0.1, 0.15) is 12.0 Å². The Labute approximate surface area is 198 Å². The average molecular weight is 508 g/mol. The van der Waals surface area contributed by atoms with E-state index < -0.39 is 28.9 Å². The van der Waals surface area contributed by atoms with Crippen LogP contribution in [0, 0.1) is 11.6 Å². The van der Waals surface area contributed by atoms with E-state index >= 15 is 4.39 Å². The quantitative estimate of drug-likeness (QED) is 0.398. The summed E-state index contributed by atoms with van der Waals surface area (Å²) in [5.74, 6) is -1.75. The molecule has 0 saturated carbocycles. The zero-order valence-corrected chi connectivity index (χ0v) is 18.9. The van der Waals surface area contributed by atoms with E-state index in [4.69, 9.17) is 10.5 Å². The normalized spacial score (nSPS) is 19.9. The van der Waals surface area contributed by atoms with Crippen LogP contribution in [0.4, 0.5) is 32.9 Å². The smallest absolute Gasteiger partial charge is 0.417 e. The summed E-state index contributed by atoms with van der Waals surface area (Å²) < 4.78 is 78.6. The van der Waals surface area contributed by atoms with Crippen molar-refractivity contribution in [2.75, 3.05) is 30.8 Å². The van der Waals surface area contributed by atoms with Gasteiger partial charge in [-0.3, -0.25) is 0 Å². The first-order valence-electron chi connectivity index (χ1n) is 10.7. The number of aromatic nitrogens is 3. The summed E-state index contributed by atoms with van der Waals surface area (Å²) in [5, 5.41) is 3.12. The standard InChI is InChI=1S/C22H17F5N6OS/c1-34-21-31-16-11(19(32-21)33-8-4-9(33)7-29-6-8)5-12(22(25,26)27)14(15(16)24)10-2-3-13(23)18-17(10)30-20(28)35-18/h2-3,5,8-9,29H,4,6-7H2,1H3,(H2,28,30). The summed E-state index contributed by atoms with van der Waals surface area (Å²) in [7, 11) is 1.30. The maximum atomic E-state index is 16.1. The van der Waals surface area contributed by atoms with E-state index in [0.29, 0.717) is 13.1 Å². The fraction of sp³-hybridized carbons (Fsp3) is 0.318. The van der Waals surface area contributed by atoms with Gasteiger partial charge in [-0.05, 0) is 24.6 Å². The van der Waals surface area contributed by atoms with Gasteiger partial charge < -0.3 is 20.7 Å². The zero-order valence-electron chi connectivity index (χ0n) is 18.1. The minimum atomic E-state index is -4.93. The molecule has 0 spiro atoms. The molecule has 2 aliphatic rings. The van der Waals surface area contributed by atoms with Crippen LogP contribution in [0.5, 0.6) is 6.01 Å². The second-order valence-electron chi connectivity index (χ2n) is 8.47. The molecule has 0 aliphatic carbocycles. The van der Waals surface area contributed by atoms with Crippen molar-refractivity contribution in [2.24, 2.45) is 0 Å². The number of nitrogens with two attached hydrogens (primary N) is 1. The van der Waals surface area contributed by atoms with Gasteiger partial charge in [0.15, 0.2) is 10.9 Å². The minimum absolute atomic E-state index is 0.0170. The van der Waals surface area contributed by atoms with Gasteiger partial charge in [0.05, 0.1) is 22.9 Å². The number of nitrogens with zero attached hydrogens (tertiary/aromatic N) is 4. The third-order valence-electron chi connectivity index (χ3n) is 6.50. The van der Waals surface area contributed by atoms with Crippen LogP contribution in [-0.2, 0) is 6.18 Å². The largest absolute Gasteiger partial charge is 0.467 e. The molecule has 2 saturated heterocycles. The first kappa shape index (κ1) is 22.2. The SMILES string of the molecule is COc1nc(N2C3CNCC2C3)c2cc(C(F)(F)F)c(-c3ccc(F)c4sc(N)nc34)c(F)c2n1. The number of halogens is 5. The molecule has 2 atom stereocenters. The molecular formula is C22H17F5N6OS. The molecule has 6 rings (SSSR count). The number of fused-ring (bicyclic) bond motifs is 4. The molecule has 2 aliphatic heterocycles. The third kappa shape index (κ3) is 3.28. The Bertz CT molecular complexity index is 1490. The number of nitrogen functional groups attached to an aromatic ring is 1. The van der Waals surface area contributed by atoms with E-state index in [0.717, 1.165) is 36.0 Å². The van der Waals surface area contributed by atoms with E-state index in [9.17, 15) is 17.6 Å². The van der Waals surface area contributed by atoms with Crippen LogP contribution < -0.4 is 20.7 Å². The van der Waals surface area contributed by atoms with E-state index in [2.05, 4.69) is 20.3 Å². The summed E-state index contributed by atoms with van der Waals surface area (Å²) in [6, 6.07) is 2.76. The van der Waals surface area contributed by atoms with Crippen molar-refractivity contribution in [3.05, 3.63) is 35.4 Å². The molecule has 0 amide bonds. The Morgan fingerprint density at radius 1 is 1.11 bits per heavy atom. The van der Waals surface area contributed by atoms with Gasteiger partial charge >= 0.3 is 12.2 Å². The van der Waals surface area contributed by atoms with Crippen molar-refractivity contribution < 1.29 is 26.7 Å². The van der Waals surface area contributed by atoms with Gasteiger partial charge in [-0.25, -0.2) is 13.8 Å². The topological polar surface area (TPSA) is 89.2 Å². The zero-order chi connectivity index (χ0) is 24.6. The van der Waals surface area contributed by atoms with Crippen LogP contribution >= 0.6 is 11.3 Å². The average Bonchev–Trinajstić information content (AvgIpc) is 3.22. The van der Waals surface area contributed by atoms with Crippen molar-refractivity contribution in [1.29, 1.82) is 0 Å². The Hall–Kier alpha value is -3.32. The maximum Gasteiger partial charge on any atom is 0.417 e. The number of benzene rings is 2. The van der Waals surface area contributed by atoms with Crippen LogP contribution in [-0.4, -0.2) is 47.2 Å². The Morgan fingerprint density at radius 3 is 2.51 bits per heavy atom. The van der Waals surface area contributed by atoms with Gasteiger partial charge in [-0.1, -0.05) is 11.3 Å². The van der Waals surface area contributed by atoms with Crippen molar-refractivity contribution in [1.82, 2.24) is 20.3 Å². The van der Waals surface area contributed by atoms with E-state index in [1.807, 2.05) is 4.90 Å². The summed E-state index contributed by atoms with van der Waals surface area (Å²) in [6.07, 6.45) is -4.08. The molecule has 13 heteroatoms. The van der Waals surface area contributed by atoms with Crippen LogP contribution in [0.3, 0.4) is 0 Å². The predicted octanol–water partition coefficient (Wildman–Crippen LogP) is 4.34. The number of piperidine rings is 1. The van der Waals surface area contributed by atoms with Crippen molar-refractivity contribution in [3.8, 4) is 17.1 Å². The second kappa shape index (κ2) is 7.59. The number of anilines is 2. The highest BCUT2D eigenvalue weighted by atomic mass is 32.1. The predicted molar refractivity (Wildman–Crippen MR) is 122 cm³/mol. The van der Waals surface area contributed by atoms with Gasteiger partial charge in [0.1, 0.15) is 17.2 Å². The van der Waals surface area contributed by atoms with E-state index in [1.54, 1.807) is 0 Å². The number of methoxy groups -OCH3 is 1. The highest BCUT2D eigenvalue weighted by molar-refractivity contribution is 7.22. The first-order valence-corrected chi connectivity index (χ1v) is 11.5. The van der Waals surface area contributed by atoms with Gasteiger partial charge in [-0.2, -0.15) is 23.1 Å². The maximum absolute atomic E-state index is 16.1. The number of hydrogen-bond acceptors (Lipinski definition) is 8. The molecule has 0 radical (unpaired) electrons. The Kier molecular flexibility index (Phi) is 4.81. The lowest BCUT2D eigenvalue weighted by Gasteiger charge is -2.54. The summed E-state index contributed by atoms with van der Waals surface area (Å²) in [6.45, 7) is 1.27. The number of hydrogen-bond donors (Lipinski definition) is 2. The Balaban J connectivity index is 1.69. The van der Waals surface area contributed by atoms with Crippen molar-refractivity contribution >= 4 is 43.4 Å². The van der Waals surface area contributed by atoms with E-state index in [-0.39, 0.29) is 55.7 Å². The summed E-state index contributed by atoms with van der Waals surface area (Å²) in [4.78, 5) is 14.2.